The molecule has 0 unspecified atom stereocenters. The van der Waals surface area contributed by atoms with E-state index in [1.54, 1.807) is 11.3 Å². The molecule has 106 valence electrons. The van der Waals surface area contributed by atoms with Crippen molar-refractivity contribution in [3.63, 3.8) is 0 Å². The van der Waals surface area contributed by atoms with Crippen molar-refractivity contribution in [2.75, 3.05) is 5.32 Å². The Morgan fingerprint density at radius 2 is 2.05 bits per heavy atom. The maximum atomic E-state index is 5.77. The van der Waals surface area contributed by atoms with Crippen molar-refractivity contribution in [2.24, 2.45) is 5.73 Å². The molecule has 0 radical (unpaired) electrons. The predicted molar refractivity (Wildman–Crippen MR) is 91.2 cm³/mol. The van der Waals surface area contributed by atoms with Crippen molar-refractivity contribution >= 4 is 39.4 Å². The normalized spacial score (nSPS) is 11.4. The molecule has 2 aromatic rings. The third-order valence-electron chi connectivity index (χ3n) is 2.95. The fraction of sp³-hybridized carbons (Fsp3) is 0.333. The molecule has 0 aliphatic rings. The van der Waals surface area contributed by atoms with Crippen LogP contribution in [0.2, 0.25) is 0 Å². The van der Waals surface area contributed by atoms with Crippen LogP contribution in [0.5, 0.6) is 0 Å². The zero-order valence-electron chi connectivity index (χ0n) is 12.2. The highest BCUT2D eigenvalue weighted by Gasteiger charge is 2.18. The Hall–Kier alpha value is -1.46. The summed E-state index contributed by atoms with van der Waals surface area (Å²) in [6.07, 6.45) is 0. The van der Waals surface area contributed by atoms with Gasteiger partial charge in [-0.1, -0.05) is 39.1 Å². The number of thiocarbonyl (C=S) groups is 1. The fourth-order valence-electron chi connectivity index (χ4n) is 1.77. The summed E-state index contributed by atoms with van der Waals surface area (Å²) < 4.78 is 0. The van der Waals surface area contributed by atoms with Gasteiger partial charge < -0.3 is 11.1 Å². The fourth-order valence-corrected chi connectivity index (χ4v) is 2.89. The van der Waals surface area contributed by atoms with Crippen molar-refractivity contribution in [3.05, 3.63) is 40.4 Å². The van der Waals surface area contributed by atoms with E-state index in [2.05, 4.69) is 36.5 Å². The number of thiazole rings is 1. The van der Waals surface area contributed by atoms with Crippen LogP contribution in [0.3, 0.4) is 0 Å². The van der Waals surface area contributed by atoms with E-state index in [4.69, 9.17) is 18.0 Å². The Kier molecular flexibility index (Phi) is 4.11. The second-order valence-corrected chi connectivity index (χ2v) is 7.12. The SMILES string of the molecule is Cc1ccc(C(N)=S)c(Nc2nc(C(C)(C)C)cs2)c1. The molecular formula is C15H19N3S2. The topological polar surface area (TPSA) is 50.9 Å². The first kappa shape index (κ1) is 14.9. The summed E-state index contributed by atoms with van der Waals surface area (Å²) in [5, 5.41) is 6.27. The van der Waals surface area contributed by atoms with Gasteiger partial charge in [0.25, 0.3) is 0 Å². The van der Waals surface area contributed by atoms with Gasteiger partial charge in [-0.15, -0.1) is 11.3 Å². The molecule has 0 bridgehead atoms. The molecule has 1 heterocycles. The van der Waals surface area contributed by atoms with E-state index in [0.29, 0.717) is 4.99 Å². The van der Waals surface area contributed by atoms with Crippen LogP contribution in [0.25, 0.3) is 0 Å². The molecule has 3 nitrogen and oxygen atoms in total. The van der Waals surface area contributed by atoms with Gasteiger partial charge in [-0.25, -0.2) is 4.98 Å². The molecule has 0 saturated carbocycles. The zero-order valence-corrected chi connectivity index (χ0v) is 13.8. The predicted octanol–water partition coefficient (Wildman–Crippen LogP) is 4.13. The molecule has 1 aromatic carbocycles. The standard InChI is InChI=1S/C15H19N3S2/c1-9-5-6-10(13(16)19)11(7-9)17-14-18-12(8-20-14)15(2,3)4/h5-8H,1-4H3,(H2,16,19)(H,17,18). The summed E-state index contributed by atoms with van der Waals surface area (Å²) in [7, 11) is 0. The van der Waals surface area contributed by atoms with Crippen molar-refractivity contribution in [1.29, 1.82) is 0 Å². The lowest BCUT2D eigenvalue weighted by Gasteiger charge is -2.14. The number of nitrogens with one attached hydrogen (secondary N) is 1. The lowest BCUT2D eigenvalue weighted by atomic mass is 9.93. The minimum absolute atomic E-state index is 0.0506. The number of nitrogens with two attached hydrogens (primary N) is 1. The number of hydrogen-bond acceptors (Lipinski definition) is 4. The van der Waals surface area contributed by atoms with Gasteiger partial charge in [0.05, 0.1) is 11.4 Å². The van der Waals surface area contributed by atoms with Gasteiger partial charge in [-0.3, -0.25) is 0 Å². The Balaban J connectivity index is 2.32. The van der Waals surface area contributed by atoms with E-state index in [9.17, 15) is 0 Å². The second kappa shape index (κ2) is 5.50. The summed E-state index contributed by atoms with van der Waals surface area (Å²) in [5.74, 6) is 0. The molecular weight excluding hydrogens is 286 g/mol. The van der Waals surface area contributed by atoms with E-state index >= 15 is 0 Å². The van der Waals surface area contributed by atoms with E-state index in [1.807, 2.05) is 25.1 Å². The Morgan fingerprint density at radius 1 is 1.35 bits per heavy atom. The summed E-state index contributed by atoms with van der Waals surface area (Å²) in [6, 6.07) is 5.98. The lowest BCUT2D eigenvalue weighted by Crippen LogP contribution is -2.13. The van der Waals surface area contributed by atoms with Gasteiger partial charge >= 0.3 is 0 Å². The molecule has 0 aliphatic carbocycles. The smallest absolute Gasteiger partial charge is 0.187 e. The number of aryl methyl sites for hydroxylation is 1. The van der Waals surface area contributed by atoms with Crippen LogP contribution in [0.1, 0.15) is 37.6 Å². The van der Waals surface area contributed by atoms with Gasteiger partial charge in [0, 0.05) is 16.4 Å². The molecule has 0 spiro atoms. The van der Waals surface area contributed by atoms with E-state index < -0.39 is 0 Å². The number of anilines is 2. The van der Waals surface area contributed by atoms with Gasteiger partial charge in [0.2, 0.25) is 0 Å². The second-order valence-electron chi connectivity index (χ2n) is 5.83. The minimum Gasteiger partial charge on any atom is -0.389 e. The zero-order chi connectivity index (χ0) is 14.9. The first-order valence-corrected chi connectivity index (χ1v) is 7.69. The molecule has 0 saturated heterocycles. The number of benzene rings is 1. The quantitative estimate of drug-likeness (QED) is 0.837. The highest BCUT2D eigenvalue weighted by atomic mass is 32.1. The molecule has 0 atom stereocenters. The summed E-state index contributed by atoms with van der Waals surface area (Å²) in [5.41, 5.74) is 9.80. The van der Waals surface area contributed by atoms with Crippen molar-refractivity contribution < 1.29 is 0 Å². The molecule has 0 amide bonds. The first-order chi connectivity index (χ1) is 9.27. The van der Waals surface area contributed by atoms with Crippen LogP contribution in [0.4, 0.5) is 10.8 Å². The van der Waals surface area contributed by atoms with E-state index in [0.717, 1.165) is 27.6 Å². The number of aromatic nitrogens is 1. The largest absolute Gasteiger partial charge is 0.389 e. The average Bonchev–Trinajstić information content (AvgIpc) is 2.76. The average molecular weight is 305 g/mol. The third-order valence-corrected chi connectivity index (χ3v) is 3.93. The number of nitrogens with zero attached hydrogens (tertiary/aromatic N) is 1. The van der Waals surface area contributed by atoms with Crippen molar-refractivity contribution in [3.8, 4) is 0 Å². The molecule has 0 aliphatic heterocycles. The minimum atomic E-state index is 0.0506. The van der Waals surface area contributed by atoms with Gasteiger partial charge in [-0.05, 0) is 24.6 Å². The lowest BCUT2D eigenvalue weighted by molar-refractivity contribution is 0.573. The van der Waals surface area contributed by atoms with Crippen LogP contribution in [0.15, 0.2) is 23.6 Å². The van der Waals surface area contributed by atoms with Crippen LogP contribution in [-0.4, -0.2) is 9.97 Å². The summed E-state index contributed by atoms with van der Waals surface area (Å²) in [6.45, 7) is 8.49. The van der Waals surface area contributed by atoms with Crippen LogP contribution in [-0.2, 0) is 5.41 Å². The highest BCUT2D eigenvalue weighted by molar-refractivity contribution is 7.80. The Labute approximate surface area is 129 Å². The molecule has 1 aromatic heterocycles. The molecule has 20 heavy (non-hydrogen) atoms. The summed E-state index contributed by atoms with van der Waals surface area (Å²) >= 11 is 6.69. The maximum Gasteiger partial charge on any atom is 0.187 e. The van der Waals surface area contributed by atoms with E-state index in [1.165, 1.54) is 0 Å². The van der Waals surface area contributed by atoms with Gasteiger partial charge in [0.1, 0.15) is 4.99 Å². The number of rotatable bonds is 3. The van der Waals surface area contributed by atoms with Gasteiger partial charge in [0.15, 0.2) is 5.13 Å². The molecule has 3 N–H and O–H groups in total. The maximum absolute atomic E-state index is 5.77. The van der Waals surface area contributed by atoms with E-state index in [-0.39, 0.29) is 5.41 Å². The monoisotopic (exact) mass is 305 g/mol. The first-order valence-electron chi connectivity index (χ1n) is 6.41. The highest BCUT2D eigenvalue weighted by Crippen LogP contribution is 2.29. The Bertz CT molecular complexity index is 639. The molecule has 5 heteroatoms. The van der Waals surface area contributed by atoms with Crippen molar-refractivity contribution in [1.82, 2.24) is 4.98 Å². The van der Waals surface area contributed by atoms with Crippen LogP contribution >= 0.6 is 23.6 Å². The molecule has 0 fully saturated rings. The van der Waals surface area contributed by atoms with Crippen LogP contribution in [0, 0.1) is 6.92 Å². The Morgan fingerprint density at radius 3 is 2.60 bits per heavy atom. The summed E-state index contributed by atoms with van der Waals surface area (Å²) in [4.78, 5) is 5.02. The van der Waals surface area contributed by atoms with Gasteiger partial charge in [-0.2, -0.15) is 0 Å². The van der Waals surface area contributed by atoms with Crippen LogP contribution < -0.4 is 11.1 Å². The molecule has 2 rings (SSSR count). The number of hydrogen-bond donors (Lipinski definition) is 2. The van der Waals surface area contributed by atoms with Crippen molar-refractivity contribution in [2.45, 2.75) is 33.1 Å². The third kappa shape index (κ3) is 3.35.